The average molecular weight is 265 g/mol. The monoisotopic (exact) mass is 265 g/mol. The van der Waals surface area contributed by atoms with Gasteiger partial charge in [-0.1, -0.05) is 19.0 Å². The van der Waals surface area contributed by atoms with Crippen molar-refractivity contribution in [3.63, 3.8) is 0 Å². The number of amides is 1. The lowest BCUT2D eigenvalue weighted by molar-refractivity contribution is -0.123. The molecular weight excluding hydrogens is 242 g/mol. The second kappa shape index (κ2) is 6.70. The molecule has 1 aliphatic heterocycles. The predicted molar refractivity (Wildman–Crippen MR) is 72.7 cm³/mol. The van der Waals surface area contributed by atoms with E-state index in [0.717, 1.165) is 43.7 Å². The van der Waals surface area contributed by atoms with Gasteiger partial charge in [-0.25, -0.2) is 0 Å². The van der Waals surface area contributed by atoms with Crippen LogP contribution in [0.4, 0.5) is 0 Å². The summed E-state index contributed by atoms with van der Waals surface area (Å²) in [5.74, 6) is 1.23. The quantitative estimate of drug-likeness (QED) is 0.825. The van der Waals surface area contributed by atoms with Gasteiger partial charge in [0.15, 0.2) is 5.76 Å². The van der Waals surface area contributed by atoms with Gasteiger partial charge in [0.05, 0.1) is 18.3 Å². The summed E-state index contributed by atoms with van der Waals surface area (Å²) in [6.45, 7) is 5.65. The summed E-state index contributed by atoms with van der Waals surface area (Å²) in [5, 5.41) is 10.2. The van der Waals surface area contributed by atoms with Gasteiger partial charge >= 0.3 is 0 Å². The number of hydrogen-bond donors (Lipinski definition) is 2. The molecule has 2 N–H and O–H groups in total. The highest BCUT2D eigenvalue weighted by atomic mass is 16.5. The Morgan fingerprint density at radius 3 is 3.00 bits per heavy atom. The first-order valence-electron chi connectivity index (χ1n) is 7.21. The lowest BCUT2D eigenvalue weighted by atomic mass is 9.99. The Bertz CT molecular complexity index is 407. The predicted octanol–water partition coefficient (Wildman–Crippen LogP) is 1.95. The van der Waals surface area contributed by atoms with Crippen molar-refractivity contribution in [2.24, 2.45) is 0 Å². The molecule has 1 atom stereocenters. The Morgan fingerprint density at radius 2 is 2.37 bits per heavy atom. The van der Waals surface area contributed by atoms with Crippen molar-refractivity contribution in [1.82, 2.24) is 15.8 Å². The zero-order valence-corrected chi connectivity index (χ0v) is 11.7. The fourth-order valence-corrected chi connectivity index (χ4v) is 2.52. The van der Waals surface area contributed by atoms with Crippen LogP contribution in [0.25, 0.3) is 0 Å². The summed E-state index contributed by atoms with van der Waals surface area (Å²) in [5.41, 5.74) is 0.994. The molecule has 1 aromatic heterocycles. The molecule has 1 saturated heterocycles. The van der Waals surface area contributed by atoms with Crippen molar-refractivity contribution in [1.29, 1.82) is 0 Å². The Kier molecular flexibility index (Phi) is 4.96. The molecule has 5 heteroatoms. The second-order valence-electron chi connectivity index (χ2n) is 5.10. The Labute approximate surface area is 114 Å². The van der Waals surface area contributed by atoms with E-state index in [1.54, 1.807) is 0 Å². The molecule has 0 saturated carbocycles. The van der Waals surface area contributed by atoms with E-state index in [0.29, 0.717) is 12.5 Å². The van der Waals surface area contributed by atoms with Crippen molar-refractivity contribution < 1.29 is 9.32 Å². The van der Waals surface area contributed by atoms with Crippen molar-refractivity contribution in [2.75, 3.05) is 6.54 Å². The van der Waals surface area contributed by atoms with Gasteiger partial charge in [0.2, 0.25) is 5.91 Å². The number of rotatable bonds is 6. The summed E-state index contributed by atoms with van der Waals surface area (Å²) >= 11 is 0. The summed E-state index contributed by atoms with van der Waals surface area (Å²) in [4.78, 5) is 11.8. The van der Waals surface area contributed by atoms with Crippen LogP contribution in [0, 0.1) is 0 Å². The Hall–Kier alpha value is -1.36. The Morgan fingerprint density at radius 1 is 1.58 bits per heavy atom. The normalized spacial score (nSPS) is 19.0. The topological polar surface area (TPSA) is 67.2 Å². The molecule has 0 aliphatic carbocycles. The van der Waals surface area contributed by atoms with Crippen LogP contribution >= 0.6 is 0 Å². The van der Waals surface area contributed by atoms with Gasteiger partial charge < -0.3 is 15.2 Å². The highest BCUT2D eigenvalue weighted by Crippen LogP contribution is 2.22. The van der Waals surface area contributed by atoms with E-state index in [1.165, 1.54) is 0 Å². The van der Waals surface area contributed by atoms with E-state index >= 15 is 0 Å². The minimum atomic E-state index is -0.0403. The first-order chi connectivity index (χ1) is 9.24. The number of carbonyl (C=O) groups excluding carboxylic acids is 1. The average Bonchev–Trinajstić information content (AvgIpc) is 3.09. The molecule has 1 amide bonds. The number of nitrogens with zero attached hydrogens (tertiary/aromatic N) is 1. The molecule has 1 aromatic rings. The first-order valence-corrected chi connectivity index (χ1v) is 7.21. The maximum absolute atomic E-state index is 11.8. The summed E-state index contributed by atoms with van der Waals surface area (Å²) in [6, 6.07) is 1.92. The molecule has 19 heavy (non-hydrogen) atoms. The third kappa shape index (κ3) is 3.56. The smallest absolute Gasteiger partial charge is 0.237 e. The van der Waals surface area contributed by atoms with Crippen molar-refractivity contribution >= 4 is 5.91 Å². The third-order valence-electron chi connectivity index (χ3n) is 3.79. The molecule has 0 aromatic carbocycles. The van der Waals surface area contributed by atoms with Gasteiger partial charge in [0, 0.05) is 12.0 Å². The van der Waals surface area contributed by atoms with E-state index in [9.17, 15) is 4.79 Å². The lowest BCUT2D eigenvalue weighted by Crippen LogP contribution is -2.39. The molecule has 1 unspecified atom stereocenters. The maximum atomic E-state index is 11.8. The van der Waals surface area contributed by atoms with Gasteiger partial charge in [0.25, 0.3) is 0 Å². The zero-order valence-electron chi connectivity index (χ0n) is 11.7. The minimum absolute atomic E-state index is 0.0403. The summed E-state index contributed by atoms with van der Waals surface area (Å²) in [6.07, 6.45) is 4.10. The van der Waals surface area contributed by atoms with E-state index < -0.39 is 0 Å². The lowest BCUT2D eigenvalue weighted by Gasteiger charge is -2.09. The van der Waals surface area contributed by atoms with Crippen LogP contribution in [-0.2, 0) is 11.3 Å². The van der Waals surface area contributed by atoms with Gasteiger partial charge in [-0.15, -0.1) is 0 Å². The van der Waals surface area contributed by atoms with E-state index in [-0.39, 0.29) is 11.9 Å². The third-order valence-corrected chi connectivity index (χ3v) is 3.79. The van der Waals surface area contributed by atoms with Crippen LogP contribution in [0.3, 0.4) is 0 Å². The molecule has 2 heterocycles. The second-order valence-corrected chi connectivity index (χ2v) is 5.10. The number of carbonyl (C=O) groups is 1. The van der Waals surface area contributed by atoms with Gasteiger partial charge in [0.1, 0.15) is 0 Å². The van der Waals surface area contributed by atoms with Gasteiger partial charge in [-0.2, -0.15) is 0 Å². The molecule has 106 valence electrons. The molecule has 0 radical (unpaired) electrons. The zero-order chi connectivity index (χ0) is 13.7. The van der Waals surface area contributed by atoms with E-state index in [1.807, 2.05) is 6.07 Å². The molecule has 0 bridgehead atoms. The fraction of sp³-hybridized carbons (Fsp3) is 0.714. The summed E-state index contributed by atoms with van der Waals surface area (Å²) in [7, 11) is 0. The van der Waals surface area contributed by atoms with Crippen molar-refractivity contribution in [3.05, 3.63) is 17.5 Å². The number of aromatic nitrogens is 1. The molecule has 5 nitrogen and oxygen atoms in total. The fourth-order valence-electron chi connectivity index (χ4n) is 2.52. The van der Waals surface area contributed by atoms with Crippen LogP contribution in [0.1, 0.15) is 56.9 Å². The first kappa shape index (κ1) is 14.1. The molecular formula is C14H23N3O2. The van der Waals surface area contributed by atoms with Gasteiger partial charge in [-0.05, 0) is 32.2 Å². The van der Waals surface area contributed by atoms with Crippen LogP contribution in [-0.4, -0.2) is 23.7 Å². The van der Waals surface area contributed by atoms with Crippen LogP contribution in [0.5, 0.6) is 0 Å². The molecule has 0 spiro atoms. The minimum Gasteiger partial charge on any atom is -0.359 e. The highest BCUT2D eigenvalue weighted by molar-refractivity contribution is 5.81. The number of hydrogen-bond acceptors (Lipinski definition) is 4. The Balaban J connectivity index is 1.84. The molecule has 1 fully saturated rings. The largest absolute Gasteiger partial charge is 0.359 e. The molecule has 2 rings (SSSR count). The standard InChI is InChI=1S/C14H23N3O2/c1-3-10(4-2)13-8-11(19-17-13)9-16-14(18)12-6-5-7-15-12/h8,10,12,15H,3-7,9H2,1-2H3,(H,16,18). The highest BCUT2D eigenvalue weighted by Gasteiger charge is 2.22. The van der Waals surface area contributed by atoms with Crippen LogP contribution in [0.15, 0.2) is 10.6 Å². The van der Waals surface area contributed by atoms with E-state index in [2.05, 4.69) is 29.6 Å². The van der Waals surface area contributed by atoms with Crippen molar-refractivity contribution in [2.45, 2.75) is 58.0 Å². The van der Waals surface area contributed by atoms with Crippen LogP contribution < -0.4 is 10.6 Å². The maximum Gasteiger partial charge on any atom is 0.237 e. The summed E-state index contributed by atoms with van der Waals surface area (Å²) < 4.78 is 5.28. The molecule has 1 aliphatic rings. The van der Waals surface area contributed by atoms with E-state index in [4.69, 9.17) is 4.52 Å². The van der Waals surface area contributed by atoms with Crippen LogP contribution in [0.2, 0.25) is 0 Å². The number of nitrogens with one attached hydrogen (secondary N) is 2. The SMILES string of the molecule is CCC(CC)c1cc(CNC(=O)C2CCCN2)on1. The van der Waals surface area contributed by atoms with Gasteiger partial charge in [-0.3, -0.25) is 4.79 Å². The van der Waals surface area contributed by atoms with Crippen molar-refractivity contribution in [3.8, 4) is 0 Å².